The second-order valence-corrected chi connectivity index (χ2v) is 3.74. The highest BCUT2D eigenvalue weighted by atomic mass is 19.4. The van der Waals surface area contributed by atoms with Crippen molar-refractivity contribution >= 4 is 0 Å². The van der Waals surface area contributed by atoms with Crippen LogP contribution in [0.2, 0.25) is 0 Å². The number of alkyl halides is 3. The van der Waals surface area contributed by atoms with E-state index >= 15 is 0 Å². The Hall–Kier alpha value is -0.250. The summed E-state index contributed by atoms with van der Waals surface area (Å²) in [6, 6.07) is -1.48. The summed E-state index contributed by atoms with van der Waals surface area (Å²) in [6.07, 6.45) is -3.43. The van der Waals surface area contributed by atoms with Crippen LogP contribution in [0.3, 0.4) is 0 Å². The molecule has 0 rings (SSSR count). The van der Waals surface area contributed by atoms with Crippen molar-refractivity contribution in [1.29, 1.82) is 0 Å². The van der Waals surface area contributed by atoms with Crippen molar-refractivity contribution in [3.63, 3.8) is 0 Å². The molecule has 0 aromatic heterocycles. The first kappa shape index (κ1) is 12.8. The number of halogens is 3. The molecular formula is C9H18F3N. The number of rotatable bonds is 4. The molecule has 2 atom stereocenters. The lowest BCUT2D eigenvalue weighted by Crippen LogP contribution is -2.49. The van der Waals surface area contributed by atoms with E-state index in [1.165, 1.54) is 0 Å². The van der Waals surface area contributed by atoms with Gasteiger partial charge in [-0.3, -0.25) is 0 Å². The van der Waals surface area contributed by atoms with E-state index in [0.29, 0.717) is 6.42 Å². The summed E-state index contributed by atoms with van der Waals surface area (Å²) >= 11 is 0. The lowest BCUT2D eigenvalue weighted by molar-refractivity contribution is -0.167. The van der Waals surface area contributed by atoms with Gasteiger partial charge in [0, 0.05) is 6.04 Å². The van der Waals surface area contributed by atoms with Gasteiger partial charge in [-0.1, -0.05) is 20.8 Å². The smallest absolute Gasteiger partial charge is 0.303 e. The average Bonchev–Trinajstić information content (AvgIpc) is 1.96. The average molecular weight is 197 g/mol. The highest BCUT2D eigenvalue weighted by molar-refractivity contribution is 4.80. The van der Waals surface area contributed by atoms with Crippen molar-refractivity contribution in [3.8, 4) is 0 Å². The Labute approximate surface area is 77.7 Å². The molecule has 4 heteroatoms. The van der Waals surface area contributed by atoms with Crippen LogP contribution in [0.15, 0.2) is 0 Å². The van der Waals surface area contributed by atoms with Gasteiger partial charge in [0.2, 0.25) is 0 Å². The van der Waals surface area contributed by atoms with Crippen LogP contribution < -0.4 is 5.32 Å². The highest BCUT2D eigenvalue weighted by Crippen LogP contribution is 2.25. The maximum absolute atomic E-state index is 12.4. The summed E-state index contributed by atoms with van der Waals surface area (Å²) in [6.45, 7) is 6.79. The molecule has 13 heavy (non-hydrogen) atoms. The van der Waals surface area contributed by atoms with Crippen LogP contribution in [0.25, 0.3) is 0 Å². The predicted octanol–water partition coefficient (Wildman–Crippen LogP) is 2.96. The Balaban J connectivity index is 4.28. The lowest BCUT2D eigenvalue weighted by atomic mass is 10.0. The molecule has 0 aliphatic carbocycles. The molecule has 0 saturated heterocycles. The predicted molar refractivity (Wildman–Crippen MR) is 47.6 cm³/mol. The molecule has 0 bridgehead atoms. The molecule has 0 aromatic carbocycles. The maximum Gasteiger partial charge on any atom is 0.404 e. The molecule has 0 amide bonds. The van der Waals surface area contributed by atoms with E-state index in [1.807, 2.05) is 6.92 Å². The number of hydrogen-bond donors (Lipinski definition) is 1. The second kappa shape index (κ2) is 4.84. The van der Waals surface area contributed by atoms with Crippen molar-refractivity contribution in [2.45, 2.75) is 52.4 Å². The van der Waals surface area contributed by atoms with Crippen molar-refractivity contribution in [2.75, 3.05) is 0 Å². The molecule has 0 spiro atoms. The number of nitrogens with one attached hydrogen (secondary N) is 1. The molecule has 0 aromatic rings. The topological polar surface area (TPSA) is 12.0 Å². The molecule has 0 saturated carbocycles. The van der Waals surface area contributed by atoms with Gasteiger partial charge >= 0.3 is 6.18 Å². The third-order valence-corrected chi connectivity index (χ3v) is 2.10. The standard InChI is InChI=1S/C9H18F3N/c1-5-7(4)13-8(6(2)3)9(10,11)12/h6-8,13H,5H2,1-4H3/t7-,8-/m1/s1. The Morgan fingerprint density at radius 2 is 1.62 bits per heavy atom. The van der Waals surface area contributed by atoms with Crippen LogP contribution in [0.4, 0.5) is 13.2 Å². The van der Waals surface area contributed by atoms with E-state index in [2.05, 4.69) is 5.32 Å². The van der Waals surface area contributed by atoms with Gasteiger partial charge in [-0.2, -0.15) is 13.2 Å². The fourth-order valence-electron chi connectivity index (χ4n) is 1.09. The summed E-state index contributed by atoms with van der Waals surface area (Å²) in [5, 5.41) is 2.58. The second-order valence-electron chi connectivity index (χ2n) is 3.74. The first-order chi connectivity index (χ1) is 5.79. The minimum atomic E-state index is -4.14. The largest absolute Gasteiger partial charge is 0.404 e. The van der Waals surface area contributed by atoms with Gasteiger partial charge in [0.15, 0.2) is 0 Å². The minimum absolute atomic E-state index is 0.0889. The van der Waals surface area contributed by atoms with E-state index in [-0.39, 0.29) is 6.04 Å². The zero-order chi connectivity index (χ0) is 10.6. The van der Waals surface area contributed by atoms with E-state index in [1.54, 1.807) is 20.8 Å². The van der Waals surface area contributed by atoms with Gasteiger partial charge in [-0.15, -0.1) is 0 Å². The molecule has 0 aliphatic heterocycles. The first-order valence-electron chi connectivity index (χ1n) is 4.61. The van der Waals surface area contributed by atoms with Crippen molar-refractivity contribution in [1.82, 2.24) is 5.32 Å². The summed E-state index contributed by atoms with van der Waals surface area (Å²) in [5.41, 5.74) is 0. The molecule has 80 valence electrons. The molecule has 0 radical (unpaired) electrons. The van der Waals surface area contributed by atoms with E-state index in [4.69, 9.17) is 0 Å². The molecule has 0 aliphatic rings. The van der Waals surface area contributed by atoms with E-state index in [0.717, 1.165) is 0 Å². The van der Waals surface area contributed by atoms with Crippen LogP contribution in [0.5, 0.6) is 0 Å². The summed E-state index contributed by atoms with van der Waals surface area (Å²) < 4.78 is 37.2. The SMILES string of the molecule is CC[C@@H](C)N[C@H](C(C)C)C(F)(F)F. The van der Waals surface area contributed by atoms with Crippen LogP contribution in [-0.4, -0.2) is 18.3 Å². The monoisotopic (exact) mass is 197 g/mol. The minimum Gasteiger partial charge on any atom is -0.303 e. The Morgan fingerprint density at radius 1 is 1.15 bits per heavy atom. The van der Waals surface area contributed by atoms with Crippen LogP contribution in [0.1, 0.15) is 34.1 Å². The zero-order valence-corrected chi connectivity index (χ0v) is 8.57. The molecule has 1 N–H and O–H groups in total. The van der Waals surface area contributed by atoms with Crippen LogP contribution in [-0.2, 0) is 0 Å². The highest BCUT2D eigenvalue weighted by Gasteiger charge is 2.41. The van der Waals surface area contributed by atoms with Crippen molar-refractivity contribution in [2.24, 2.45) is 5.92 Å². The van der Waals surface area contributed by atoms with Crippen molar-refractivity contribution < 1.29 is 13.2 Å². The van der Waals surface area contributed by atoms with Gasteiger partial charge in [-0.25, -0.2) is 0 Å². The third kappa shape index (κ3) is 4.50. The fraction of sp³-hybridized carbons (Fsp3) is 1.00. The summed E-state index contributed by atoms with van der Waals surface area (Å²) in [4.78, 5) is 0. The third-order valence-electron chi connectivity index (χ3n) is 2.10. The molecule has 0 fully saturated rings. The molecule has 0 unspecified atom stereocenters. The number of hydrogen-bond acceptors (Lipinski definition) is 1. The van der Waals surface area contributed by atoms with Crippen LogP contribution >= 0.6 is 0 Å². The van der Waals surface area contributed by atoms with E-state index in [9.17, 15) is 13.2 Å². The zero-order valence-electron chi connectivity index (χ0n) is 8.57. The van der Waals surface area contributed by atoms with E-state index < -0.39 is 18.1 Å². The van der Waals surface area contributed by atoms with Crippen LogP contribution in [0, 0.1) is 5.92 Å². The van der Waals surface area contributed by atoms with Gasteiger partial charge in [0.1, 0.15) is 6.04 Å². The summed E-state index contributed by atoms with van der Waals surface area (Å²) in [7, 11) is 0. The molecule has 1 nitrogen and oxygen atoms in total. The maximum atomic E-state index is 12.4. The first-order valence-corrected chi connectivity index (χ1v) is 4.61. The lowest BCUT2D eigenvalue weighted by Gasteiger charge is -2.27. The Morgan fingerprint density at radius 3 is 1.85 bits per heavy atom. The van der Waals surface area contributed by atoms with Gasteiger partial charge in [0.25, 0.3) is 0 Å². The quantitative estimate of drug-likeness (QED) is 0.730. The fourth-order valence-corrected chi connectivity index (χ4v) is 1.09. The van der Waals surface area contributed by atoms with Crippen molar-refractivity contribution in [3.05, 3.63) is 0 Å². The molecule has 0 heterocycles. The normalized spacial score (nSPS) is 17.5. The van der Waals surface area contributed by atoms with Gasteiger partial charge < -0.3 is 5.32 Å². The Bertz CT molecular complexity index is 142. The van der Waals surface area contributed by atoms with Gasteiger partial charge in [-0.05, 0) is 19.3 Å². The molecular weight excluding hydrogens is 179 g/mol. The summed E-state index contributed by atoms with van der Waals surface area (Å²) in [5.74, 6) is -0.422. The Kier molecular flexibility index (Phi) is 4.75. The van der Waals surface area contributed by atoms with Gasteiger partial charge in [0.05, 0.1) is 0 Å².